The Morgan fingerprint density at radius 1 is 0.733 bits per heavy atom. The van der Waals surface area contributed by atoms with Crippen LogP contribution < -0.4 is 9.00 Å². The van der Waals surface area contributed by atoms with Gasteiger partial charge in [0.25, 0.3) is 0 Å². The SMILES string of the molecule is C[Si](C)(C)c1sc([Si](C)(C)C)c(Cl)c1Cl. The van der Waals surface area contributed by atoms with Crippen LogP contribution in [0.5, 0.6) is 0 Å². The van der Waals surface area contributed by atoms with E-state index in [0.717, 1.165) is 10.0 Å². The summed E-state index contributed by atoms with van der Waals surface area (Å²) in [5.41, 5.74) is 0. The zero-order chi connectivity index (χ0) is 12.0. The van der Waals surface area contributed by atoms with Gasteiger partial charge in [0, 0.05) is 9.00 Å². The van der Waals surface area contributed by atoms with Crippen molar-refractivity contribution in [3.63, 3.8) is 0 Å². The van der Waals surface area contributed by atoms with Gasteiger partial charge in [0.05, 0.1) is 26.2 Å². The second kappa shape index (κ2) is 4.19. The van der Waals surface area contributed by atoms with Crippen LogP contribution in [0.4, 0.5) is 0 Å². The molecule has 0 aliphatic carbocycles. The summed E-state index contributed by atoms with van der Waals surface area (Å²) in [4.78, 5) is 0. The van der Waals surface area contributed by atoms with E-state index in [0.29, 0.717) is 0 Å². The van der Waals surface area contributed by atoms with Crippen molar-refractivity contribution in [2.24, 2.45) is 0 Å². The lowest BCUT2D eigenvalue weighted by Gasteiger charge is -2.15. The number of halogens is 2. The third-order valence-electron chi connectivity index (χ3n) is 2.16. The summed E-state index contributed by atoms with van der Waals surface area (Å²) < 4.78 is 2.71. The molecule has 0 aliphatic heterocycles. The van der Waals surface area contributed by atoms with Gasteiger partial charge in [-0.2, -0.15) is 11.3 Å². The molecule has 1 heterocycles. The van der Waals surface area contributed by atoms with Crippen molar-refractivity contribution in [3.05, 3.63) is 10.0 Å². The molecule has 86 valence electrons. The zero-order valence-corrected chi connectivity index (χ0v) is 14.5. The van der Waals surface area contributed by atoms with Crippen LogP contribution >= 0.6 is 34.5 Å². The zero-order valence-electron chi connectivity index (χ0n) is 10.2. The minimum Gasteiger partial charge on any atom is -0.152 e. The van der Waals surface area contributed by atoms with Gasteiger partial charge in [0.2, 0.25) is 0 Å². The third kappa shape index (κ3) is 2.88. The monoisotopic (exact) mass is 296 g/mol. The van der Waals surface area contributed by atoms with Crippen LogP contribution in [0.25, 0.3) is 0 Å². The molecular weight excluding hydrogens is 279 g/mol. The molecule has 0 amide bonds. The second-order valence-electron chi connectivity index (χ2n) is 5.89. The molecule has 1 rings (SSSR count). The van der Waals surface area contributed by atoms with E-state index in [9.17, 15) is 0 Å². The first-order valence-corrected chi connectivity index (χ1v) is 13.6. The van der Waals surface area contributed by atoms with E-state index in [2.05, 4.69) is 39.3 Å². The van der Waals surface area contributed by atoms with Crippen LogP contribution in [0.2, 0.25) is 49.3 Å². The van der Waals surface area contributed by atoms with Crippen LogP contribution in [0.1, 0.15) is 0 Å². The lowest BCUT2D eigenvalue weighted by atomic mass is 10.6. The van der Waals surface area contributed by atoms with E-state index in [1.54, 1.807) is 0 Å². The molecule has 0 atom stereocenters. The van der Waals surface area contributed by atoms with Crippen LogP contribution in [0.3, 0.4) is 0 Å². The average molecular weight is 297 g/mol. The Kier molecular flexibility index (Phi) is 3.84. The van der Waals surface area contributed by atoms with Gasteiger partial charge in [-0.1, -0.05) is 62.5 Å². The number of hydrogen-bond acceptors (Lipinski definition) is 1. The minimum absolute atomic E-state index is 0.832. The summed E-state index contributed by atoms with van der Waals surface area (Å²) >= 11 is 14.5. The molecular formula is C10H18Cl2SSi2. The number of thiophene rings is 1. The summed E-state index contributed by atoms with van der Waals surface area (Å²) in [5, 5.41) is 1.66. The van der Waals surface area contributed by atoms with Gasteiger partial charge in [-0.3, -0.25) is 0 Å². The maximum Gasteiger partial charge on any atom is 0.0924 e. The lowest BCUT2D eigenvalue weighted by Crippen LogP contribution is -2.38. The van der Waals surface area contributed by atoms with Gasteiger partial charge >= 0.3 is 0 Å². The Morgan fingerprint density at radius 2 is 1.00 bits per heavy atom. The van der Waals surface area contributed by atoms with Gasteiger partial charge in [0.15, 0.2) is 0 Å². The highest BCUT2D eigenvalue weighted by atomic mass is 35.5. The smallest absolute Gasteiger partial charge is 0.0924 e. The third-order valence-corrected chi connectivity index (χ3v) is 11.9. The summed E-state index contributed by atoms with van der Waals surface area (Å²) in [7, 11) is -2.69. The standard InChI is InChI=1S/C10H18Cl2SSi2/c1-14(2,3)9-7(11)8(12)10(13-9)15(4,5)6/h1-6H3. The molecule has 0 aliphatic rings. The Morgan fingerprint density at radius 3 is 1.13 bits per heavy atom. The molecule has 1 aromatic heterocycles. The molecule has 0 aromatic carbocycles. The largest absolute Gasteiger partial charge is 0.152 e. The maximum absolute atomic E-state index is 6.34. The highest BCUT2D eigenvalue weighted by Gasteiger charge is 2.31. The normalized spacial score (nSPS) is 13.3. The quantitative estimate of drug-likeness (QED) is 0.720. The first-order chi connectivity index (χ1) is 6.55. The fraction of sp³-hybridized carbons (Fsp3) is 0.600. The Hall–Kier alpha value is 0.714. The molecule has 0 nitrogen and oxygen atoms in total. The molecule has 0 spiro atoms. The van der Waals surface area contributed by atoms with Gasteiger partial charge in [-0.05, 0) is 0 Å². The van der Waals surface area contributed by atoms with Gasteiger partial charge in [-0.15, -0.1) is 0 Å². The Balaban J connectivity index is 3.38. The summed E-state index contributed by atoms with van der Waals surface area (Å²) in [5.74, 6) is 0. The fourth-order valence-corrected chi connectivity index (χ4v) is 9.27. The molecule has 5 heteroatoms. The van der Waals surface area contributed by atoms with Crippen molar-refractivity contribution in [1.82, 2.24) is 0 Å². The molecule has 0 unspecified atom stereocenters. The number of rotatable bonds is 2. The summed E-state index contributed by atoms with van der Waals surface area (Å²) in [6, 6.07) is 0. The van der Waals surface area contributed by atoms with E-state index in [4.69, 9.17) is 23.2 Å². The Bertz CT molecular complexity index is 337. The minimum atomic E-state index is -1.34. The fourth-order valence-electron chi connectivity index (χ4n) is 1.36. The highest BCUT2D eigenvalue weighted by molar-refractivity contribution is 7.36. The second-order valence-corrected chi connectivity index (χ2v) is 18.4. The molecule has 0 radical (unpaired) electrons. The molecule has 15 heavy (non-hydrogen) atoms. The van der Waals surface area contributed by atoms with Crippen LogP contribution in [-0.4, -0.2) is 16.1 Å². The van der Waals surface area contributed by atoms with Gasteiger partial charge < -0.3 is 0 Å². The maximum atomic E-state index is 6.34. The summed E-state index contributed by atoms with van der Waals surface area (Å²) in [6.07, 6.45) is 0. The molecule has 0 bridgehead atoms. The van der Waals surface area contributed by atoms with Crippen molar-refractivity contribution in [1.29, 1.82) is 0 Å². The molecule has 0 fully saturated rings. The van der Waals surface area contributed by atoms with E-state index in [-0.39, 0.29) is 0 Å². The van der Waals surface area contributed by atoms with Crippen molar-refractivity contribution in [3.8, 4) is 0 Å². The van der Waals surface area contributed by atoms with Crippen LogP contribution in [0.15, 0.2) is 0 Å². The summed E-state index contributed by atoms with van der Waals surface area (Å²) in [6.45, 7) is 13.9. The topological polar surface area (TPSA) is 0 Å². The van der Waals surface area contributed by atoms with Crippen molar-refractivity contribution < 1.29 is 0 Å². The Labute approximate surface area is 109 Å². The molecule has 0 N–H and O–H groups in total. The lowest BCUT2D eigenvalue weighted by molar-refractivity contribution is 1.77. The molecule has 0 saturated carbocycles. The van der Waals surface area contributed by atoms with Crippen molar-refractivity contribution in [2.75, 3.05) is 0 Å². The first kappa shape index (κ1) is 13.8. The van der Waals surface area contributed by atoms with E-state index in [1.807, 2.05) is 11.3 Å². The highest BCUT2D eigenvalue weighted by Crippen LogP contribution is 2.28. The van der Waals surface area contributed by atoms with E-state index < -0.39 is 16.1 Å². The predicted molar refractivity (Wildman–Crippen MR) is 80.3 cm³/mol. The first-order valence-electron chi connectivity index (χ1n) is 5.04. The molecule has 1 aromatic rings. The van der Waals surface area contributed by atoms with Crippen molar-refractivity contribution >= 4 is 59.7 Å². The van der Waals surface area contributed by atoms with Crippen LogP contribution in [-0.2, 0) is 0 Å². The molecule has 0 saturated heterocycles. The van der Waals surface area contributed by atoms with Gasteiger partial charge in [0.1, 0.15) is 0 Å². The number of hydrogen-bond donors (Lipinski definition) is 0. The van der Waals surface area contributed by atoms with Crippen LogP contribution in [0, 0.1) is 0 Å². The van der Waals surface area contributed by atoms with E-state index >= 15 is 0 Å². The predicted octanol–water partition coefficient (Wildman–Crippen LogP) is 4.15. The average Bonchev–Trinajstić information content (AvgIpc) is 2.26. The van der Waals surface area contributed by atoms with E-state index in [1.165, 1.54) is 9.00 Å². The van der Waals surface area contributed by atoms with Gasteiger partial charge in [-0.25, -0.2) is 0 Å². The van der Waals surface area contributed by atoms with Crippen molar-refractivity contribution in [2.45, 2.75) is 39.3 Å².